The van der Waals surface area contributed by atoms with Crippen molar-refractivity contribution in [3.05, 3.63) is 11.9 Å². The van der Waals surface area contributed by atoms with E-state index in [9.17, 15) is 13.2 Å². The largest absolute Gasteiger partial charge is 0.405 e. The van der Waals surface area contributed by atoms with Gasteiger partial charge >= 0.3 is 6.18 Å². The lowest BCUT2D eigenvalue weighted by molar-refractivity contribution is -0.119. The number of nitrogens with zero attached hydrogens (tertiary/aromatic N) is 3. The SMILES string of the molecule is CCCNc1ncnc(N(CCC)CC(F)(F)F)c1CC. The normalized spacial score (nSPS) is 11.5. The summed E-state index contributed by atoms with van der Waals surface area (Å²) >= 11 is 0. The number of hydrogen-bond donors (Lipinski definition) is 1. The number of halogens is 3. The molecule has 1 aromatic rings. The van der Waals surface area contributed by atoms with Crippen LogP contribution in [0.4, 0.5) is 24.8 Å². The van der Waals surface area contributed by atoms with Crippen molar-refractivity contribution in [2.45, 2.75) is 46.2 Å². The smallest absolute Gasteiger partial charge is 0.370 e. The zero-order valence-corrected chi connectivity index (χ0v) is 12.8. The second kappa shape index (κ2) is 8.05. The lowest BCUT2D eigenvalue weighted by atomic mass is 10.2. The van der Waals surface area contributed by atoms with Gasteiger partial charge in [0.05, 0.1) is 0 Å². The Hall–Kier alpha value is -1.53. The van der Waals surface area contributed by atoms with E-state index in [-0.39, 0.29) is 0 Å². The summed E-state index contributed by atoms with van der Waals surface area (Å²) in [5, 5.41) is 3.16. The lowest BCUT2D eigenvalue weighted by Gasteiger charge is -2.27. The van der Waals surface area contributed by atoms with Gasteiger partial charge in [-0.15, -0.1) is 0 Å². The molecular weight excluding hydrogens is 281 g/mol. The third-order valence-corrected chi connectivity index (χ3v) is 2.98. The molecular formula is C14H23F3N4. The average molecular weight is 304 g/mol. The average Bonchev–Trinajstić information content (AvgIpc) is 2.42. The van der Waals surface area contributed by atoms with Crippen LogP contribution in [0.1, 0.15) is 39.2 Å². The molecule has 120 valence electrons. The molecule has 0 aromatic carbocycles. The first-order valence-corrected chi connectivity index (χ1v) is 7.32. The Morgan fingerprint density at radius 1 is 1.14 bits per heavy atom. The summed E-state index contributed by atoms with van der Waals surface area (Å²) in [6.07, 6.45) is -0.793. The minimum Gasteiger partial charge on any atom is -0.370 e. The molecule has 0 aliphatic heterocycles. The van der Waals surface area contributed by atoms with E-state index in [0.29, 0.717) is 31.0 Å². The first-order valence-electron chi connectivity index (χ1n) is 7.32. The van der Waals surface area contributed by atoms with Crippen molar-refractivity contribution < 1.29 is 13.2 Å². The number of nitrogens with one attached hydrogen (secondary N) is 1. The highest BCUT2D eigenvalue weighted by molar-refractivity contribution is 5.58. The van der Waals surface area contributed by atoms with Gasteiger partial charge in [0.1, 0.15) is 24.5 Å². The maximum absolute atomic E-state index is 12.8. The minimum atomic E-state index is -4.25. The zero-order valence-electron chi connectivity index (χ0n) is 12.8. The number of rotatable bonds is 8. The van der Waals surface area contributed by atoms with E-state index < -0.39 is 12.7 Å². The van der Waals surface area contributed by atoms with Gasteiger partial charge in [-0.05, 0) is 19.3 Å². The second-order valence-corrected chi connectivity index (χ2v) is 4.84. The first kappa shape index (κ1) is 17.5. The van der Waals surface area contributed by atoms with Gasteiger partial charge < -0.3 is 10.2 Å². The molecule has 1 N–H and O–H groups in total. The minimum absolute atomic E-state index is 0.316. The van der Waals surface area contributed by atoms with E-state index in [1.54, 1.807) is 0 Å². The van der Waals surface area contributed by atoms with Crippen molar-refractivity contribution in [2.75, 3.05) is 29.9 Å². The van der Waals surface area contributed by atoms with Gasteiger partial charge in [-0.1, -0.05) is 20.8 Å². The Morgan fingerprint density at radius 2 is 1.86 bits per heavy atom. The topological polar surface area (TPSA) is 41.1 Å². The fourth-order valence-electron chi connectivity index (χ4n) is 2.14. The van der Waals surface area contributed by atoms with Crippen molar-refractivity contribution >= 4 is 11.6 Å². The molecule has 1 aromatic heterocycles. The van der Waals surface area contributed by atoms with Crippen molar-refractivity contribution in [1.29, 1.82) is 0 Å². The second-order valence-electron chi connectivity index (χ2n) is 4.84. The summed E-state index contributed by atoms with van der Waals surface area (Å²) in [7, 11) is 0. The van der Waals surface area contributed by atoms with Gasteiger partial charge in [0.2, 0.25) is 0 Å². The Balaban J connectivity index is 3.11. The summed E-state index contributed by atoms with van der Waals surface area (Å²) in [4.78, 5) is 9.54. The molecule has 0 amide bonds. The first-order chi connectivity index (χ1) is 9.92. The van der Waals surface area contributed by atoms with Crippen LogP contribution in [-0.4, -0.2) is 35.8 Å². The van der Waals surface area contributed by atoms with Gasteiger partial charge in [0.15, 0.2) is 0 Å². The van der Waals surface area contributed by atoms with Gasteiger partial charge in [0.25, 0.3) is 0 Å². The quantitative estimate of drug-likeness (QED) is 0.796. The number of alkyl halides is 3. The van der Waals surface area contributed by atoms with Crippen LogP contribution in [0.3, 0.4) is 0 Å². The highest BCUT2D eigenvalue weighted by Crippen LogP contribution is 2.27. The van der Waals surface area contributed by atoms with E-state index >= 15 is 0 Å². The molecule has 0 saturated heterocycles. The summed E-state index contributed by atoms with van der Waals surface area (Å²) in [5.74, 6) is 1.01. The van der Waals surface area contributed by atoms with Crippen molar-refractivity contribution in [1.82, 2.24) is 9.97 Å². The Morgan fingerprint density at radius 3 is 2.38 bits per heavy atom. The van der Waals surface area contributed by atoms with Crippen LogP contribution in [0.25, 0.3) is 0 Å². The molecule has 0 atom stereocenters. The van der Waals surface area contributed by atoms with Crippen LogP contribution in [0.5, 0.6) is 0 Å². The molecule has 4 nitrogen and oxygen atoms in total. The predicted octanol–water partition coefficient (Wildman–Crippen LogP) is 3.64. The van der Waals surface area contributed by atoms with E-state index in [2.05, 4.69) is 15.3 Å². The summed E-state index contributed by atoms with van der Waals surface area (Å²) in [6.45, 7) is 5.84. The Kier molecular flexibility index (Phi) is 6.71. The van der Waals surface area contributed by atoms with Crippen molar-refractivity contribution in [2.24, 2.45) is 0 Å². The van der Waals surface area contributed by atoms with Gasteiger partial charge in [-0.2, -0.15) is 13.2 Å². The molecule has 0 spiro atoms. The van der Waals surface area contributed by atoms with Gasteiger partial charge in [-0.3, -0.25) is 0 Å². The molecule has 1 heterocycles. The molecule has 0 bridgehead atoms. The van der Waals surface area contributed by atoms with Crippen LogP contribution in [-0.2, 0) is 6.42 Å². The highest BCUT2D eigenvalue weighted by Gasteiger charge is 2.32. The molecule has 0 radical (unpaired) electrons. The Labute approximate surface area is 123 Å². The summed E-state index contributed by atoms with van der Waals surface area (Å²) in [5.41, 5.74) is 0.739. The van der Waals surface area contributed by atoms with Gasteiger partial charge in [-0.25, -0.2) is 9.97 Å². The lowest BCUT2D eigenvalue weighted by Crippen LogP contribution is -2.36. The molecule has 0 unspecified atom stereocenters. The molecule has 0 saturated carbocycles. The maximum atomic E-state index is 12.8. The number of aromatic nitrogens is 2. The highest BCUT2D eigenvalue weighted by atomic mass is 19.4. The molecule has 1 rings (SSSR count). The molecule has 7 heteroatoms. The van der Waals surface area contributed by atoms with E-state index in [1.165, 1.54) is 11.2 Å². The van der Waals surface area contributed by atoms with Crippen LogP contribution in [0.2, 0.25) is 0 Å². The molecule has 0 aliphatic carbocycles. The van der Waals surface area contributed by atoms with Crippen LogP contribution >= 0.6 is 0 Å². The number of anilines is 2. The van der Waals surface area contributed by atoms with Crippen molar-refractivity contribution in [3.63, 3.8) is 0 Å². The number of hydrogen-bond acceptors (Lipinski definition) is 4. The fraction of sp³-hybridized carbons (Fsp3) is 0.714. The van der Waals surface area contributed by atoms with E-state index in [0.717, 1.165) is 18.5 Å². The van der Waals surface area contributed by atoms with Crippen molar-refractivity contribution in [3.8, 4) is 0 Å². The molecule has 0 aliphatic rings. The monoisotopic (exact) mass is 304 g/mol. The zero-order chi connectivity index (χ0) is 15.9. The molecule has 0 fully saturated rings. The predicted molar refractivity (Wildman–Crippen MR) is 78.7 cm³/mol. The van der Waals surface area contributed by atoms with Gasteiger partial charge in [0, 0.05) is 18.7 Å². The fourth-order valence-corrected chi connectivity index (χ4v) is 2.14. The van der Waals surface area contributed by atoms with E-state index in [4.69, 9.17) is 0 Å². The Bertz CT molecular complexity index is 435. The third kappa shape index (κ3) is 5.40. The standard InChI is InChI=1S/C14H23F3N4/c1-4-7-18-12-11(6-3)13(20-10-19-12)21(8-5-2)9-14(15,16)17/h10H,4-9H2,1-3H3,(H,18,19,20). The van der Waals surface area contributed by atoms with E-state index in [1.807, 2.05) is 20.8 Å². The summed E-state index contributed by atoms with van der Waals surface area (Å²) < 4.78 is 38.3. The van der Waals surface area contributed by atoms with Crippen LogP contribution < -0.4 is 10.2 Å². The summed E-state index contributed by atoms with van der Waals surface area (Å²) in [6, 6.07) is 0. The molecule has 21 heavy (non-hydrogen) atoms. The van der Waals surface area contributed by atoms with Crippen LogP contribution in [0.15, 0.2) is 6.33 Å². The maximum Gasteiger partial charge on any atom is 0.405 e. The third-order valence-electron chi connectivity index (χ3n) is 2.98. The van der Waals surface area contributed by atoms with Crippen LogP contribution in [0, 0.1) is 0 Å².